The molecule has 4 heteroatoms. The molecule has 1 aliphatic rings. The molecule has 0 aromatic heterocycles. The minimum Gasteiger partial charge on any atom is -0.493 e. The van der Waals surface area contributed by atoms with E-state index < -0.39 is 0 Å². The van der Waals surface area contributed by atoms with E-state index in [1.807, 2.05) is 37.3 Å². The van der Waals surface area contributed by atoms with Gasteiger partial charge in [0.05, 0.1) is 25.9 Å². The van der Waals surface area contributed by atoms with E-state index in [-0.39, 0.29) is 12.1 Å². The second-order valence-electron chi connectivity index (χ2n) is 5.75. The second-order valence-corrected chi connectivity index (χ2v) is 5.75. The van der Waals surface area contributed by atoms with Crippen LogP contribution in [0, 0.1) is 0 Å². The average Bonchev–Trinajstić information content (AvgIpc) is 2.89. The van der Waals surface area contributed by atoms with Gasteiger partial charge in [-0.2, -0.15) is 0 Å². The molecule has 0 radical (unpaired) electrons. The second kappa shape index (κ2) is 7.02. The highest BCUT2D eigenvalue weighted by molar-refractivity contribution is 5.43. The van der Waals surface area contributed by atoms with Gasteiger partial charge in [0.15, 0.2) is 11.5 Å². The summed E-state index contributed by atoms with van der Waals surface area (Å²) in [5, 5.41) is 13.8. The first kappa shape index (κ1) is 15.8. The average molecular weight is 313 g/mol. The summed E-state index contributed by atoms with van der Waals surface area (Å²) in [5.41, 5.74) is 3.52. The zero-order chi connectivity index (χ0) is 16.2. The smallest absolute Gasteiger partial charge is 0.161 e. The molecule has 0 spiro atoms. The molecule has 0 unspecified atom stereocenters. The van der Waals surface area contributed by atoms with Crippen molar-refractivity contribution in [2.24, 2.45) is 0 Å². The number of aliphatic hydroxyl groups is 1. The van der Waals surface area contributed by atoms with E-state index in [2.05, 4.69) is 17.4 Å². The van der Waals surface area contributed by atoms with Crippen LogP contribution in [0.2, 0.25) is 0 Å². The summed E-state index contributed by atoms with van der Waals surface area (Å²) < 4.78 is 10.9. The van der Waals surface area contributed by atoms with Gasteiger partial charge in [-0.25, -0.2) is 0 Å². The van der Waals surface area contributed by atoms with Crippen molar-refractivity contribution in [2.45, 2.75) is 32.0 Å². The molecule has 0 fully saturated rings. The molecule has 0 amide bonds. The van der Waals surface area contributed by atoms with Crippen LogP contribution in [-0.2, 0) is 13.0 Å². The normalized spacial score (nSPS) is 19.4. The Kier molecular flexibility index (Phi) is 4.84. The van der Waals surface area contributed by atoms with Crippen molar-refractivity contribution >= 4 is 0 Å². The van der Waals surface area contributed by atoms with E-state index in [0.717, 1.165) is 17.1 Å². The fourth-order valence-electron chi connectivity index (χ4n) is 3.15. The van der Waals surface area contributed by atoms with Crippen molar-refractivity contribution in [3.63, 3.8) is 0 Å². The summed E-state index contributed by atoms with van der Waals surface area (Å²) >= 11 is 0. The summed E-state index contributed by atoms with van der Waals surface area (Å²) in [5.74, 6) is 1.49. The van der Waals surface area contributed by atoms with Gasteiger partial charge in [-0.1, -0.05) is 30.3 Å². The number of methoxy groups -OCH3 is 1. The third-order valence-corrected chi connectivity index (χ3v) is 4.26. The van der Waals surface area contributed by atoms with Gasteiger partial charge in [0.25, 0.3) is 0 Å². The topological polar surface area (TPSA) is 50.7 Å². The van der Waals surface area contributed by atoms with Crippen molar-refractivity contribution in [3.05, 3.63) is 59.2 Å². The Balaban J connectivity index is 1.72. The largest absolute Gasteiger partial charge is 0.493 e. The SMILES string of the molecule is CCOc1cc(CN[C@@H]2c3ccccc3C[C@@H]2O)ccc1OC. The van der Waals surface area contributed by atoms with Crippen molar-refractivity contribution in [3.8, 4) is 11.5 Å². The summed E-state index contributed by atoms with van der Waals surface area (Å²) in [6.45, 7) is 3.22. The lowest BCUT2D eigenvalue weighted by Gasteiger charge is -2.18. The standard InChI is InChI=1S/C19H23NO3/c1-3-23-18-10-13(8-9-17(18)22-2)12-20-19-15-7-5-4-6-14(15)11-16(19)21/h4-10,16,19-21H,3,11-12H2,1-2H3/t16-,19+/m0/s1. The van der Waals surface area contributed by atoms with Gasteiger partial charge in [0.1, 0.15) is 0 Å². The van der Waals surface area contributed by atoms with E-state index in [1.165, 1.54) is 11.1 Å². The zero-order valence-electron chi connectivity index (χ0n) is 13.6. The number of hydrogen-bond donors (Lipinski definition) is 2. The number of nitrogens with one attached hydrogen (secondary N) is 1. The van der Waals surface area contributed by atoms with Gasteiger partial charge in [0, 0.05) is 13.0 Å². The predicted molar refractivity (Wildman–Crippen MR) is 89.9 cm³/mol. The maximum Gasteiger partial charge on any atom is 0.161 e. The van der Waals surface area contributed by atoms with Gasteiger partial charge in [-0.15, -0.1) is 0 Å². The Bertz CT molecular complexity index is 671. The molecule has 23 heavy (non-hydrogen) atoms. The fourth-order valence-corrected chi connectivity index (χ4v) is 3.15. The monoisotopic (exact) mass is 313 g/mol. The summed E-state index contributed by atoms with van der Waals surface area (Å²) in [6, 6.07) is 14.1. The molecule has 2 N–H and O–H groups in total. The minimum atomic E-state index is -0.378. The van der Waals surface area contributed by atoms with Crippen LogP contribution >= 0.6 is 0 Å². The van der Waals surface area contributed by atoms with E-state index in [4.69, 9.17) is 9.47 Å². The minimum absolute atomic E-state index is 0.0242. The zero-order valence-corrected chi connectivity index (χ0v) is 13.6. The van der Waals surface area contributed by atoms with Crippen molar-refractivity contribution in [1.29, 1.82) is 0 Å². The Morgan fingerprint density at radius 3 is 2.78 bits per heavy atom. The predicted octanol–water partition coefficient (Wildman–Crippen LogP) is 2.84. The van der Waals surface area contributed by atoms with Gasteiger partial charge in [-0.05, 0) is 35.7 Å². The van der Waals surface area contributed by atoms with Crippen LogP contribution in [-0.4, -0.2) is 24.9 Å². The van der Waals surface area contributed by atoms with Gasteiger partial charge in [-0.3, -0.25) is 0 Å². The molecular weight excluding hydrogens is 290 g/mol. The van der Waals surface area contributed by atoms with Crippen molar-refractivity contribution < 1.29 is 14.6 Å². The Labute approximate surface area is 137 Å². The lowest BCUT2D eigenvalue weighted by molar-refractivity contribution is 0.140. The molecule has 0 saturated carbocycles. The van der Waals surface area contributed by atoms with Gasteiger partial charge in [0.2, 0.25) is 0 Å². The Morgan fingerprint density at radius 1 is 1.17 bits per heavy atom. The van der Waals surface area contributed by atoms with Crippen LogP contribution in [0.4, 0.5) is 0 Å². The van der Waals surface area contributed by atoms with Crippen molar-refractivity contribution in [1.82, 2.24) is 5.32 Å². The molecule has 0 aliphatic heterocycles. The quantitative estimate of drug-likeness (QED) is 0.861. The number of hydrogen-bond acceptors (Lipinski definition) is 4. The Hall–Kier alpha value is -2.04. The molecule has 2 aromatic carbocycles. The molecule has 3 rings (SSSR count). The number of benzene rings is 2. The molecule has 2 aromatic rings. The summed E-state index contributed by atoms with van der Waals surface area (Å²) in [7, 11) is 1.64. The first-order valence-electron chi connectivity index (χ1n) is 8.02. The first-order chi connectivity index (χ1) is 11.2. The van der Waals surface area contributed by atoms with Crippen LogP contribution in [0.25, 0.3) is 0 Å². The van der Waals surface area contributed by atoms with Gasteiger partial charge < -0.3 is 19.9 Å². The van der Waals surface area contributed by atoms with Crippen LogP contribution in [0.1, 0.15) is 29.7 Å². The third kappa shape index (κ3) is 3.33. The number of rotatable bonds is 6. The van der Waals surface area contributed by atoms with Crippen LogP contribution < -0.4 is 14.8 Å². The van der Waals surface area contributed by atoms with E-state index >= 15 is 0 Å². The summed E-state index contributed by atoms with van der Waals surface area (Å²) in [6.07, 6.45) is 0.331. The maximum atomic E-state index is 10.3. The highest BCUT2D eigenvalue weighted by Gasteiger charge is 2.30. The highest BCUT2D eigenvalue weighted by Crippen LogP contribution is 2.32. The molecule has 2 atom stereocenters. The van der Waals surface area contributed by atoms with Crippen LogP contribution in [0.5, 0.6) is 11.5 Å². The van der Waals surface area contributed by atoms with Gasteiger partial charge >= 0.3 is 0 Å². The van der Waals surface area contributed by atoms with Crippen LogP contribution in [0.15, 0.2) is 42.5 Å². The van der Waals surface area contributed by atoms with Crippen LogP contribution in [0.3, 0.4) is 0 Å². The molecule has 1 aliphatic carbocycles. The van der Waals surface area contributed by atoms with E-state index in [0.29, 0.717) is 19.6 Å². The number of ether oxygens (including phenoxy) is 2. The molecule has 0 saturated heterocycles. The van der Waals surface area contributed by atoms with E-state index in [9.17, 15) is 5.11 Å². The van der Waals surface area contributed by atoms with Crippen molar-refractivity contribution in [2.75, 3.05) is 13.7 Å². The molecule has 0 bridgehead atoms. The lowest BCUT2D eigenvalue weighted by atomic mass is 10.1. The molecule has 0 heterocycles. The highest BCUT2D eigenvalue weighted by atomic mass is 16.5. The summed E-state index contributed by atoms with van der Waals surface area (Å²) in [4.78, 5) is 0. The van der Waals surface area contributed by atoms with E-state index in [1.54, 1.807) is 7.11 Å². The first-order valence-corrected chi connectivity index (χ1v) is 8.02. The fraction of sp³-hybridized carbons (Fsp3) is 0.368. The molecule has 122 valence electrons. The molecule has 4 nitrogen and oxygen atoms in total. The maximum absolute atomic E-state index is 10.3. The number of fused-ring (bicyclic) bond motifs is 1. The molecular formula is C19H23NO3. The number of aliphatic hydroxyl groups excluding tert-OH is 1. The third-order valence-electron chi connectivity index (χ3n) is 4.26. The Morgan fingerprint density at radius 2 is 2.00 bits per heavy atom. The lowest BCUT2D eigenvalue weighted by Crippen LogP contribution is -2.28.